The van der Waals surface area contributed by atoms with E-state index in [1.165, 1.54) is 5.70 Å². The number of ether oxygens (including phenoxy) is 1. The van der Waals surface area contributed by atoms with Gasteiger partial charge in [0.1, 0.15) is 6.26 Å². The highest BCUT2D eigenvalue weighted by Crippen LogP contribution is 2.05. The highest BCUT2D eigenvalue weighted by Gasteiger charge is 2.03. The monoisotopic (exact) mass is 184 g/mol. The summed E-state index contributed by atoms with van der Waals surface area (Å²) in [6, 6.07) is 0. The maximum Gasteiger partial charge on any atom is 0.102 e. The van der Waals surface area contributed by atoms with Gasteiger partial charge < -0.3 is 9.64 Å². The molecule has 0 N–H and O–H groups in total. The third-order valence-electron chi connectivity index (χ3n) is 1.95. The van der Waals surface area contributed by atoms with E-state index >= 15 is 0 Å². The number of allylic oxidation sites excluding steroid dienone is 1. The molecule has 0 aromatic carbocycles. The van der Waals surface area contributed by atoms with Crippen LogP contribution in [0.15, 0.2) is 17.0 Å². The highest BCUT2D eigenvalue weighted by molar-refractivity contribution is 5.83. The van der Waals surface area contributed by atoms with Crippen molar-refractivity contribution in [1.29, 1.82) is 0 Å². The molecule has 0 heterocycles. The smallest absolute Gasteiger partial charge is 0.102 e. The fourth-order valence-corrected chi connectivity index (χ4v) is 1.09. The van der Waals surface area contributed by atoms with E-state index in [0.29, 0.717) is 0 Å². The van der Waals surface area contributed by atoms with Crippen molar-refractivity contribution < 1.29 is 4.74 Å². The molecule has 0 bridgehead atoms. The van der Waals surface area contributed by atoms with E-state index < -0.39 is 0 Å². The molecule has 0 radical (unpaired) electrons. The Bertz CT molecular complexity index is 197. The van der Waals surface area contributed by atoms with E-state index in [9.17, 15) is 0 Å². The molecule has 0 spiro atoms. The molecule has 13 heavy (non-hydrogen) atoms. The number of hydrogen-bond acceptors (Lipinski definition) is 3. The predicted molar refractivity (Wildman–Crippen MR) is 57.0 cm³/mol. The van der Waals surface area contributed by atoms with Gasteiger partial charge in [-0.2, -0.15) is 0 Å². The Morgan fingerprint density at radius 1 is 1.54 bits per heavy atom. The SMILES string of the molecule is CC/C(=C\OC)N(C)C/C(C)=N/C. The minimum atomic E-state index is 0.861. The average Bonchev–Trinajstić information content (AvgIpc) is 2.13. The second-order valence-corrected chi connectivity index (χ2v) is 3.01. The molecule has 0 aliphatic heterocycles. The topological polar surface area (TPSA) is 24.8 Å². The number of nitrogens with zero attached hydrogens (tertiary/aromatic N) is 2. The second kappa shape index (κ2) is 6.52. The van der Waals surface area contributed by atoms with Gasteiger partial charge in [0.05, 0.1) is 13.7 Å². The van der Waals surface area contributed by atoms with Crippen LogP contribution in [0.25, 0.3) is 0 Å². The van der Waals surface area contributed by atoms with Crippen molar-refractivity contribution in [1.82, 2.24) is 4.90 Å². The third kappa shape index (κ3) is 4.55. The van der Waals surface area contributed by atoms with Crippen LogP contribution in [0.4, 0.5) is 0 Å². The lowest BCUT2D eigenvalue weighted by atomic mass is 10.3. The molecule has 3 heteroatoms. The summed E-state index contributed by atoms with van der Waals surface area (Å²) in [7, 11) is 5.53. The zero-order valence-electron chi connectivity index (χ0n) is 9.29. The van der Waals surface area contributed by atoms with Gasteiger partial charge in [0, 0.05) is 25.5 Å². The van der Waals surface area contributed by atoms with E-state index in [4.69, 9.17) is 4.74 Å². The van der Waals surface area contributed by atoms with E-state index in [1.54, 1.807) is 13.4 Å². The Hall–Kier alpha value is -0.990. The van der Waals surface area contributed by atoms with Gasteiger partial charge in [-0.25, -0.2) is 0 Å². The first-order valence-electron chi connectivity index (χ1n) is 4.50. The molecule has 0 fully saturated rings. The molecule has 0 aliphatic rings. The lowest BCUT2D eigenvalue weighted by molar-refractivity contribution is 0.312. The lowest BCUT2D eigenvalue weighted by Crippen LogP contribution is -2.23. The maximum atomic E-state index is 4.99. The molecule has 0 amide bonds. The average molecular weight is 184 g/mol. The van der Waals surface area contributed by atoms with Gasteiger partial charge in [0.25, 0.3) is 0 Å². The molecule has 0 aromatic heterocycles. The van der Waals surface area contributed by atoms with Gasteiger partial charge in [-0.15, -0.1) is 0 Å². The van der Waals surface area contributed by atoms with Crippen LogP contribution in [-0.4, -0.2) is 38.4 Å². The number of methoxy groups -OCH3 is 1. The van der Waals surface area contributed by atoms with Crippen LogP contribution < -0.4 is 0 Å². The first-order chi connectivity index (χ1) is 6.15. The Labute approximate surface area is 81.1 Å². The summed E-state index contributed by atoms with van der Waals surface area (Å²) in [5.74, 6) is 0. The van der Waals surface area contributed by atoms with Crippen LogP contribution in [0.1, 0.15) is 20.3 Å². The third-order valence-corrected chi connectivity index (χ3v) is 1.95. The van der Waals surface area contributed by atoms with Crippen molar-refractivity contribution in [2.45, 2.75) is 20.3 Å². The minimum Gasteiger partial charge on any atom is -0.503 e. The summed E-state index contributed by atoms with van der Waals surface area (Å²) < 4.78 is 4.99. The molecule has 0 aliphatic carbocycles. The Kier molecular flexibility index (Phi) is 6.02. The summed E-state index contributed by atoms with van der Waals surface area (Å²) in [6.45, 7) is 5.00. The Morgan fingerprint density at radius 2 is 2.15 bits per heavy atom. The van der Waals surface area contributed by atoms with Crippen LogP contribution in [0, 0.1) is 0 Å². The first-order valence-corrected chi connectivity index (χ1v) is 4.50. The van der Waals surface area contributed by atoms with Crippen molar-refractivity contribution >= 4 is 5.71 Å². The minimum absolute atomic E-state index is 0.861. The lowest BCUT2D eigenvalue weighted by Gasteiger charge is -2.20. The van der Waals surface area contributed by atoms with Gasteiger partial charge in [0.15, 0.2) is 0 Å². The fraction of sp³-hybridized carbons (Fsp3) is 0.700. The molecule has 0 atom stereocenters. The van der Waals surface area contributed by atoms with Crippen LogP contribution >= 0.6 is 0 Å². The predicted octanol–water partition coefficient (Wildman–Crippen LogP) is 1.91. The van der Waals surface area contributed by atoms with Gasteiger partial charge in [-0.3, -0.25) is 4.99 Å². The summed E-state index contributed by atoms with van der Waals surface area (Å²) >= 11 is 0. The van der Waals surface area contributed by atoms with Crippen molar-refractivity contribution in [3.8, 4) is 0 Å². The van der Waals surface area contributed by atoms with Gasteiger partial charge >= 0.3 is 0 Å². The van der Waals surface area contributed by atoms with Crippen molar-refractivity contribution in [3.63, 3.8) is 0 Å². The summed E-state index contributed by atoms with van der Waals surface area (Å²) in [4.78, 5) is 6.26. The van der Waals surface area contributed by atoms with Crippen molar-refractivity contribution in [3.05, 3.63) is 12.0 Å². The molecule has 76 valence electrons. The summed E-state index contributed by atoms with van der Waals surface area (Å²) in [5.41, 5.74) is 2.31. The zero-order chi connectivity index (χ0) is 10.3. The van der Waals surface area contributed by atoms with Gasteiger partial charge in [0.2, 0.25) is 0 Å². The summed E-state index contributed by atoms with van der Waals surface area (Å²) in [6.07, 6.45) is 2.75. The van der Waals surface area contributed by atoms with E-state index in [0.717, 1.165) is 18.7 Å². The van der Waals surface area contributed by atoms with Gasteiger partial charge in [-0.1, -0.05) is 6.92 Å². The molecule has 0 saturated heterocycles. The number of rotatable bonds is 5. The number of aliphatic imine (C=N–C) groups is 1. The first kappa shape index (κ1) is 12.0. The standard InChI is InChI=1S/C10H20N2O/c1-6-10(8-13-5)12(4)7-9(2)11-3/h8H,6-7H2,1-5H3/b10-8+,11-9+. The Balaban J connectivity index is 4.22. The molecule has 0 rings (SSSR count). The Morgan fingerprint density at radius 3 is 2.54 bits per heavy atom. The highest BCUT2D eigenvalue weighted by atomic mass is 16.5. The second-order valence-electron chi connectivity index (χ2n) is 3.01. The molecule has 0 aromatic rings. The van der Waals surface area contributed by atoms with E-state index in [1.807, 2.05) is 21.0 Å². The summed E-state index contributed by atoms with van der Waals surface area (Å²) in [5, 5.41) is 0. The van der Waals surface area contributed by atoms with E-state index in [2.05, 4.69) is 16.8 Å². The largest absolute Gasteiger partial charge is 0.503 e. The van der Waals surface area contributed by atoms with Crippen LogP contribution in [0.2, 0.25) is 0 Å². The van der Waals surface area contributed by atoms with Crippen LogP contribution in [0.3, 0.4) is 0 Å². The van der Waals surface area contributed by atoms with Crippen LogP contribution in [-0.2, 0) is 4.74 Å². The van der Waals surface area contributed by atoms with E-state index in [-0.39, 0.29) is 0 Å². The number of hydrogen-bond donors (Lipinski definition) is 0. The molecule has 0 saturated carbocycles. The van der Waals surface area contributed by atoms with Crippen molar-refractivity contribution in [2.24, 2.45) is 4.99 Å². The molecule has 0 unspecified atom stereocenters. The van der Waals surface area contributed by atoms with Crippen LogP contribution in [0.5, 0.6) is 0 Å². The quantitative estimate of drug-likeness (QED) is 0.481. The molecule has 3 nitrogen and oxygen atoms in total. The molecular weight excluding hydrogens is 164 g/mol. The van der Waals surface area contributed by atoms with Gasteiger partial charge in [-0.05, 0) is 13.3 Å². The fourth-order valence-electron chi connectivity index (χ4n) is 1.09. The zero-order valence-corrected chi connectivity index (χ0v) is 9.29. The molecular formula is C10H20N2O. The van der Waals surface area contributed by atoms with Crippen molar-refractivity contribution in [2.75, 3.05) is 27.7 Å². The maximum absolute atomic E-state index is 4.99. The normalized spacial score (nSPS) is 13.0.